The van der Waals surface area contributed by atoms with Crippen molar-refractivity contribution in [2.45, 2.75) is 12.5 Å². The lowest BCUT2D eigenvalue weighted by atomic mass is 10.0. The van der Waals surface area contributed by atoms with Crippen LogP contribution in [0.1, 0.15) is 5.56 Å². The molecule has 1 saturated heterocycles. The second-order valence-electron chi connectivity index (χ2n) is 3.76. The maximum atomic E-state index is 6.12. The molecule has 82 valence electrons. The van der Waals surface area contributed by atoms with E-state index < -0.39 is 0 Å². The minimum absolute atomic E-state index is 0.427. The van der Waals surface area contributed by atoms with Crippen LogP contribution in [0, 0.1) is 0 Å². The Hall–Kier alpha value is -0.280. The third-order valence-corrected chi connectivity index (χ3v) is 3.35. The van der Waals surface area contributed by atoms with E-state index in [0.29, 0.717) is 6.04 Å². The molecule has 0 spiro atoms. The average molecular weight is 245 g/mol. The third-order valence-electron chi connectivity index (χ3n) is 2.64. The number of hydrogen-bond acceptors (Lipinski definition) is 2. The topological polar surface area (TPSA) is 24.1 Å². The first-order valence-corrected chi connectivity index (χ1v) is 5.90. The summed E-state index contributed by atoms with van der Waals surface area (Å²) in [6, 6.07) is 6.08. The fourth-order valence-corrected chi connectivity index (χ4v) is 2.38. The minimum Gasteiger partial charge on any atom is -0.314 e. The summed E-state index contributed by atoms with van der Waals surface area (Å²) < 4.78 is 0. The van der Waals surface area contributed by atoms with Crippen LogP contribution in [0.2, 0.25) is 10.0 Å². The Labute approximate surface area is 100.0 Å². The lowest BCUT2D eigenvalue weighted by Crippen LogP contribution is -2.49. The van der Waals surface area contributed by atoms with E-state index in [1.807, 2.05) is 18.2 Å². The largest absolute Gasteiger partial charge is 0.314 e. The molecule has 0 saturated carbocycles. The minimum atomic E-state index is 0.427. The van der Waals surface area contributed by atoms with E-state index in [4.69, 9.17) is 23.2 Å². The van der Waals surface area contributed by atoms with Crippen LogP contribution in [-0.4, -0.2) is 25.7 Å². The summed E-state index contributed by atoms with van der Waals surface area (Å²) in [6.07, 6.45) is 0.880. The van der Waals surface area contributed by atoms with Crippen molar-refractivity contribution in [2.75, 3.05) is 19.6 Å². The normalized spacial score (nSPS) is 21.6. The molecular weight excluding hydrogens is 231 g/mol. The van der Waals surface area contributed by atoms with Crippen LogP contribution in [-0.2, 0) is 6.42 Å². The van der Waals surface area contributed by atoms with Crippen molar-refractivity contribution in [3.63, 3.8) is 0 Å². The first kappa shape index (κ1) is 11.2. The van der Waals surface area contributed by atoms with Crippen molar-refractivity contribution in [3.05, 3.63) is 33.8 Å². The van der Waals surface area contributed by atoms with E-state index in [-0.39, 0.29) is 0 Å². The van der Waals surface area contributed by atoms with Gasteiger partial charge in [0.15, 0.2) is 0 Å². The molecule has 1 fully saturated rings. The van der Waals surface area contributed by atoms with Crippen LogP contribution in [0.5, 0.6) is 0 Å². The van der Waals surface area contributed by atoms with Crippen LogP contribution in [0.15, 0.2) is 18.2 Å². The van der Waals surface area contributed by atoms with Gasteiger partial charge in [-0.05, 0) is 24.1 Å². The molecular formula is C11H14Cl2N2. The van der Waals surface area contributed by atoms with Crippen LogP contribution < -0.4 is 10.6 Å². The predicted molar refractivity (Wildman–Crippen MR) is 64.8 cm³/mol. The van der Waals surface area contributed by atoms with Gasteiger partial charge in [-0.3, -0.25) is 0 Å². The smallest absolute Gasteiger partial charge is 0.0453 e. The number of hydrogen-bond donors (Lipinski definition) is 2. The van der Waals surface area contributed by atoms with Gasteiger partial charge < -0.3 is 10.6 Å². The molecule has 0 bridgehead atoms. The number of halogens is 2. The van der Waals surface area contributed by atoms with Crippen molar-refractivity contribution in [2.24, 2.45) is 0 Å². The van der Waals surface area contributed by atoms with Crippen molar-refractivity contribution < 1.29 is 0 Å². The Morgan fingerprint density at radius 3 is 2.53 bits per heavy atom. The Morgan fingerprint density at radius 2 is 1.93 bits per heavy atom. The molecule has 0 aliphatic carbocycles. The molecule has 1 aromatic rings. The average Bonchev–Trinajstić information content (AvgIpc) is 2.25. The summed E-state index contributed by atoms with van der Waals surface area (Å²) in [7, 11) is 0. The Morgan fingerprint density at radius 1 is 1.20 bits per heavy atom. The molecule has 1 aromatic carbocycles. The predicted octanol–water partition coefficient (Wildman–Crippen LogP) is 2.10. The van der Waals surface area contributed by atoms with Gasteiger partial charge in [0.05, 0.1) is 0 Å². The summed E-state index contributed by atoms with van der Waals surface area (Å²) in [5.41, 5.74) is 1.04. The van der Waals surface area contributed by atoms with Crippen LogP contribution in [0.25, 0.3) is 0 Å². The highest BCUT2D eigenvalue weighted by Crippen LogP contribution is 2.25. The Kier molecular flexibility index (Phi) is 3.87. The van der Waals surface area contributed by atoms with Gasteiger partial charge in [0, 0.05) is 35.7 Å². The summed E-state index contributed by atoms with van der Waals surface area (Å²) in [6.45, 7) is 3.01. The van der Waals surface area contributed by atoms with Gasteiger partial charge in [0.1, 0.15) is 0 Å². The van der Waals surface area contributed by atoms with Gasteiger partial charge >= 0.3 is 0 Å². The lowest BCUT2D eigenvalue weighted by molar-refractivity contribution is 0.417. The first-order chi connectivity index (χ1) is 7.27. The molecule has 1 atom stereocenters. The molecule has 1 aliphatic rings. The van der Waals surface area contributed by atoms with Gasteiger partial charge in [0.25, 0.3) is 0 Å². The molecule has 2 N–H and O–H groups in total. The summed E-state index contributed by atoms with van der Waals surface area (Å²) in [5.74, 6) is 0. The van der Waals surface area contributed by atoms with E-state index in [0.717, 1.165) is 41.7 Å². The zero-order valence-electron chi connectivity index (χ0n) is 8.39. The van der Waals surface area contributed by atoms with Crippen molar-refractivity contribution in [1.29, 1.82) is 0 Å². The van der Waals surface area contributed by atoms with E-state index in [1.165, 1.54) is 0 Å². The van der Waals surface area contributed by atoms with E-state index in [9.17, 15) is 0 Å². The summed E-state index contributed by atoms with van der Waals surface area (Å²) in [4.78, 5) is 0. The quantitative estimate of drug-likeness (QED) is 0.833. The number of benzene rings is 1. The van der Waals surface area contributed by atoms with E-state index in [2.05, 4.69) is 10.6 Å². The highest BCUT2D eigenvalue weighted by Gasteiger charge is 2.15. The number of rotatable bonds is 2. The fourth-order valence-electron chi connectivity index (χ4n) is 1.83. The first-order valence-electron chi connectivity index (χ1n) is 5.14. The molecule has 0 radical (unpaired) electrons. The molecule has 15 heavy (non-hydrogen) atoms. The molecule has 2 rings (SSSR count). The summed E-state index contributed by atoms with van der Waals surface area (Å²) >= 11 is 12.2. The fraction of sp³-hybridized carbons (Fsp3) is 0.455. The SMILES string of the molecule is Clc1cccc(Cl)c1CC1CNCCN1. The monoisotopic (exact) mass is 244 g/mol. The maximum Gasteiger partial charge on any atom is 0.0453 e. The third kappa shape index (κ3) is 2.85. The molecule has 0 aromatic heterocycles. The van der Waals surface area contributed by atoms with Gasteiger partial charge in [-0.15, -0.1) is 0 Å². The van der Waals surface area contributed by atoms with Crippen molar-refractivity contribution in [3.8, 4) is 0 Å². The van der Waals surface area contributed by atoms with Gasteiger partial charge in [-0.25, -0.2) is 0 Å². The highest BCUT2D eigenvalue weighted by molar-refractivity contribution is 6.35. The molecule has 1 heterocycles. The molecule has 4 heteroatoms. The Balaban J connectivity index is 2.09. The number of nitrogens with one attached hydrogen (secondary N) is 2. The van der Waals surface area contributed by atoms with E-state index in [1.54, 1.807) is 0 Å². The van der Waals surface area contributed by atoms with Crippen molar-refractivity contribution in [1.82, 2.24) is 10.6 Å². The summed E-state index contributed by atoms with van der Waals surface area (Å²) in [5, 5.41) is 8.31. The van der Waals surface area contributed by atoms with Crippen LogP contribution in [0.3, 0.4) is 0 Å². The van der Waals surface area contributed by atoms with E-state index >= 15 is 0 Å². The van der Waals surface area contributed by atoms with Crippen molar-refractivity contribution >= 4 is 23.2 Å². The van der Waals surface area contributed by atoms with Gasteiger partial charge in [-0.2, -0.15) is 0 Å². The van der Waals surface area contributed by atoms with Crippen LogP contribution >= 0.6 is 23.2 Å². The number of piperazine rings is 1. The second-order valence-corrected chi connectivity index (χ2v) is 4.57. The highest BCUT2D eigenvalue weighted by atomic mass is 35.5. The van der Waals surface area contributed by atoms with Gasteiger partial charge in [0.2, 0.25) is 0 Å². The second kappa shape index (κ2) is 5.17. The maximum absolute atomic E-state index is 6.12. The van der Waals surface area contributed by atoms with Crippen LogP contribution in [0.4, 0.5) is 0 Å². The molecule has 1 aliphatic heterocycles. The zero-order valence-corrected chi connectivity index (χ0v) is 9.91. The van der Waals surface area contributed by atoms with Gasteiger partial charge in [-0.1, -0.05) is 29.3 Å². The molecule has 0 amide bonds. The standard InChI is InChI=1S/C11H14Cl2N2/c12-10-2-1-3-11(13)9(10)6-8-7-14-4-5-15-8/h1-3,8,14-15H,4-7H2. The zero-order chi connectivity index (χ0) is 10.7. The lowest BCUT2D eigenvalue weighted by Gasteiger charge is -2.25. The molecule has 1 unspecified atom stereocenters. The Bertz CT molecular complexity index is 315. The molecule has 2 nitrogen and oxygen atoms in total.